The molecule has 1 N–H and O–H groups in total. The van der Waals surface area contributed by atoms with Crippen molar-refractivity contribution in [2.24, 2.45) is 5.41 Å². The van der Waals surface area contributed by atoms with E-state index in [0.29, 0.717) is 30.9 Å². The lowest BCUT2D eigenvalue weighted by molar-refractivity contribution is -0.117. The van der Waals surface area contributed by atoms with Crippen molar-refractivity contribution >= 4 is 17.8 Å². The molecule has 2 amide bonds. The first kappa shape index (κ1) is 22.8. The average Bonchev–Trinajstić information content (AvgIpc) is 2.96. The van der Waals surface area contributed by atoms with Gasteiger partial charge in [0.15, 0.2) is 5.82 Å². The SMILES string of the molecule is CC(C)(C)CC(=O)Nc1nn2c(c1-c1ccc(F)cc1)CN(C(=O)OC(C)(C)C)CC2. The summed E-state index contributed by atoms with van der Waals surface area (Å²) >= 11 is 0. The Labute approximate surface area is 182 Å². The summed E-state index contributed by atoms with van der Waals surface area (Å²) < 4.78 is 20.8. The van der Waals surface area contributed by atoms with Gasteiger partial charge in [0.05, 0.1) is 18.8 Å². The van der Waals surface area contributed by atoms with Gasteiger partial charge in [0.1, 0.15) is 11.4 Å². The first-order valence-electron chi connectivity index (χ1n) is 10.5. The molecule has 0 fully saturated rings. The van der Waals surface area contributed by atoms with Gasteiger partial charge < -0.3 is 15.0 Å². The van der Waals surface area contributed by atoms with Gasteiger partial charge in [-0.2, -0.15) is 5.10 Å². The number of hydrogen-bond acceptors (Lipinski definition) is 4. The number of carbonyl (C=O) groups is 2. The Morgan fingerprint density at radius 2 is 1.74 bits per heavy atom. The molecular weight excluding hydrogens is 399 g/mol. The van der Waals surface area contributed by atoms with E-state index in [1.807, 2.05) is 41.5 Å². The number of amides is 2. The van der Waals surface area contributed by atoms with Gasteiger partial charge in [-0.25, -0.2) is 9.18 Å². The Hall–Kier alpha value is -2.90. The summed E-state index contributed by atoms with van der Waals surface area (Å²) in [5.74, 6) is -0.0734. The van der Waals surface area contributed by atoms with Crippen molar-refractivity contribution in [3.8, 4) is 11.1 Å². The maximum atomic E-state index is 13.5. The number of fused-ring (bicyclic) bond motifs is 1. The van der Waals surface area contributed by atoms with Crippen molar-refractivity contribution in [2.75, 3.05) is 11.9 Å². The topological polar surface area (TPSA) is 76.5 Å². The van der Waals surface area contributed by atoms with E-state index in [1.165, 1.54) is 12.1 Å². The molecule has 0 spiro atoms. The highest BCUT2D eigenvalue weighted by Crippen LogP contribution is 2.35. The van der Waals surface area contributed by atoms with Crippen LogP contribution < -0.4 is 5.32 Å². The molecule has 8 heteroatoms. The summed E-state index contributed by atoms with van der Waals surface area (Å²) in [5, 5.41) is 7.52. The summed E-state index contributed by atoms with van der Waals surface area (Å²) in [7, 11) is 0. The number of nitrogens with one attached hydrogen (secondary N) is 1. The van der Waals surface area contributed by atoms with E-state index in [1.54, 1.807) is 21.7 Å². The fourth-order valence-corrected chi connectivity index (χ4v) is 3.47. The molecule has 0 saturated heterocycles. The number of anilines is 1. The number of rotatable bonds is 3. The fourth-order valence-electron chi connectivity index (χ4n) is 3.47. The lowest BCUT2D eigenvalue weighted by atomic mass is 9.92. The van der Waals surface area contributed by atoms with Crippen LogP contribution in [0.1, 0.15) is 53.7 Å². The minimum Gasteiger partial charge on any atom is -0.444 e. The number of hydrogen-bond donors (Lipinski definition) is 1. The number of nitrogens with zero attached hydrogens (tertiary/aromatic N) is 3. The van der Waals surface area contributed by atoms with Crippen LogP contribution in [0, 0.1) is 11.2 Å². The molecule has 3 rings (SSSR count). The second kappa shape index (κ2) is 8.32. The van der Waals surface area contributed by atoms with Gasteiger partial charge in [0, 0.05) is 18.5 Å². The molecule has 1 aliphatic rings. The van der Waals surface area contributed by atoms with Crippen molar-refractivity contribution in [1.82, 2.24) is 14.7 Å². The van der Waals surface area contributed by atoms with Crippen LogP contribution in [0.3, 0.4) is 0 Å². The minimum atomic E-state index is -0.597. The van der Waals surface area contributed by atoms with Crippen molar-refractivity contribution in [2.45, 2.75) is 66.7 Å². The smallest absolute Gasteiger partial charge is 0.410 e. The highest BCUT2D eigenvalue weighted by molar-refractivity contribution is 5.95. The highest BCUT2D eigenvalue weighted by Gasteiger charge is 2.31. The van der Waals surface area contributed by atoms with Crippen LogP contribution in [-0.2, 0) is 22.6 Å². The third-order valence-corrected chi connectivity index (χ3v) is 4.71. The molecule has 1 aromatic carbocycles. The van der Waals surface area contributed by atoms with Gasteiger partial charge in [-0.3, -0.25) is 9.48 Å². The normalized spacial score (nSPS) is 14.2. The van der Waals surface area contributed by atoms with E-state index in [2.05, 4.69) is 10.4 Å². The third-order valence-electron chi connectivity index (χ3n) is 4.71. The summed E-state index contributed by atoms with van der Waals surface area (Å²) in [4.78, 5) is 26.8. The van der Waals surface area contributed by atoms with Gasteiger partial charge in [-0.15, -0.1) is 0 Å². The number of ether oxygens (including phenoxy) is 1. The van der Waals surface area contributed by atoms with Gasteiger partial charge in [0.2, 0.25) is 5.91 Å². The first-order valence-corrected chi connectivity index (χ1v) is 10.5. The first-order chi connectivity index (χ1) is 14.3. The molecule has 0 radical (unpaired) electrons. The zero-order chi connectivity index (χ0) is 23.0. The summed E-state index contributed by atoms with van der Waals surface area (Å²) in [5.41, 5.74) is 1.42. The molecular formula is C23H31FN4O3. The summed E-state index contributed by atoms with van der Waals surface area (Å²) in [6.07, 6.45) is -0.0643. The average molecular weight is 431 g/mol. The van der Waals surface area contributed by atoms with E-state index in [4.69, 9.17) is 4.74 Å². The number of benzene rings is 1. The monoisotopic (exact) mass is 430 g/mol. The standard InChI is InChI=1S/C23H31FN4O3/c1-22(2,3)13-18(29)25-20-19(15-7-9-16(24)10-8-15)17-14-27(11-12-28(17)26-20)21(30)31-23(4,5)6/h7-10H,11-14H2,1-6H3,(H,25,26,29). The Bertz CT molecular complexity index is 968. The molecule has 0 atom stereocenters. The van der Waals surface area contributed by atoms with Crippen LogP contribution >= 0.6 is 0 Å². The second-order valence-corrected chi connectivity index (χ2v) is 10.1. The van der Waals surface area contributed by atoms with Gasteiger partial charge >= 0.3 is 6.09 Å². The predicted octanol–water partition coefficient (Wildman–Crippen LogP) is 4.81. The molecule has 2 aromatic rings. The Kier molecular flexibility index (Phi) is 6.11. The largest absolute Gasteiger partial charge is 0.444 e. The zero-order valence-corrected chi connectivity index (χ0v) is 19.1. The lowest BCUT2D eigenvalue weighted by Crippen LogP contribution is -2.41. The van der Waals surface area contributed by atoms with Crippen molar-refractivity contribution < 1.29 is 18.7 Å². The maximum Gasteiger partial charge on any atom is 0.410 e. The molecule has 1 aliphatic heterocycles. The van der Waals surface area contributed by atoms with Crippen LogP contribution in [0.15, 0.2) is 24.3 Å². The molecule has 7 nitrogen and oxygen atoms in total. The van der Waals surface area contributed by atoms with Gasteiger partial charge in [0.25, 0.3) is 0 Å². The zero-order valence-electron chi connectivity index (χ0n) is 19.1. The third kappa shape index (κ3) is 5.83. The molecule has 0 bridgehead atoms. The van der Waals surface area contributed by atoms with Crippen LogP contribution in [0.25, 0.3) is 11.1 Å². The molecule has 0 unspecified atom stereocenters. The number of aromatic nitrogens is 2. The van der Waals surface area contributed by atoms with Crippen LogP contribution in [-0.4, -0.2) is 38.8 Å². The van der Waals surface area contributed by atoms with E-state index >= 15 is 0 Å². The van der Waals surface area contributed by atoms with Crippen LogP contribution in [0.5, 0.6) is 0 Å². The Morgan fingerprint density at radius 3 is 2.32 bits per heavy atom. The van der Waals surface area contributed by atoms with Gasteiger partial charge in [-0.1, -0.05) is 32.9 Å². The van der Waals surface area contributed by atoms with Crippen LogP contribution in [0.4, 0.5) is 15.0 Å². The Morgan fingerprint density at radius 1 is 1.10 bits per heavy atom. The second-order valence-electron chi connectivity index (χ2n) is 10.1. The maximum absolute atomic E-state index is 13.5. The van der Waals surface area contributed by atoms with E-state index in [-0.39, 0.29) is 23.7 Å². The van der Waals surface area contributed by atoms with Crippen molar-refractivity contribution in [1.29, 1.82) is 0 Å². The van der Waals surface area contributed by atoms with E-state index < -0.39 is 11.7 Å². The Balaban J connectivity index is 1.96. The van der Waals surface area contributed by atoms with Crippen molar-refractivity contribution in [3.05, 3.63) is 35.8 Å². The van der Waals surface area contributed by atoms with Crippen molar-refractivity contribution in [3.63, 3.8) is 0 Å². The lowest BCUT2D eigenvalue weighted by Gasteiger charge is -2.30. The fraction of sp³-hybridized carbons (Fsp3) is 0.522. The highest BCUT2D eigenvalue weighted by atomic mass is 19.1. The summed E-state index contributed by atoms with van der Waals surface area (Å²) in [6, 6.07) is 6.04. The number of halogens is 1. The molecule has 1 aromatic heterocycles. The predicted molar refractivity (Wildman–Crippen MR) is 117 cm³/mol. The molecule has 2 heterocycles. The summed E-state index contributed by atoms with van der Waals surface area (Å²) in [6.45, 7) is 12.6. The minimum absolute atomic E-state index is 0.143. The van der Waals surface area contributed by atoms with E-state index in [9.17, 15) is 14.0 Å². The van der Waals surface area contributed by atoms with E-state index in [0.717, 1.165) is 11.3 Å². The van der Waals surface area contributed by atoms with Gasteiger partial charge in [-0.05, 0) is 43.9 Å². The number of carbonyl (C=O) groups excluding carboxylic acids is 2. The van der Waals surface area contributed by atoms with Crippen LogP contribution in [0.2, 0.25) is 0 Å². The molecule has 31 heavy (non-hydrogen) atoms. The molecule has 0 saturated carbocycles. The quantitative estimate of drug-likeness (QED) is 0.758. The molecule has 0 aliphatic carbocycles. The molecule has 168 valence electrons.